The Kier molecular flexibility index (Phi) is 8.57. The molecule has 17 nitrogen and oxygen atoms in total. The second kappa shape index (κ2) is 12.0. The molecule has 1 unspecified atom stereocenters. The number of hydrogen-bond donors (Lipinski definition) is 3. The third kappa shape index (κ3) is 6.21. The van der Waals surface area contributed by atoms with E-state index < -0.39 is 73.4 Å². The van der Waals surface area contributed by atoms with Crippen LogP contribution in [0.1, 0.15) is 25.1 Å². The molecule has 3 N–H and O–H groups in total. The first kappa shape index (κ1) is 30.8. The van der Waals surface area contributed by atoms with Crippen molar-refractivity contribution < 1.29 is 44.1 Å². The average Bonchev–Trinajstić information content (AvgIpc) is 3.48. The standard InChI is InChI=1S/C24H20N6O11S2/c1-24(2,23(35)36)41-27-16(14-9-42-10-25-14)19(31)26-17-20(32)28-18(22(33)34)12(8-43-21(17)28)4-3-11-5-6-13(29(37)38)7-15(11)30(39)40/h3-7,9-10,17,21H,8H2,1-2H3,(H,26,31)(H,33,34)(H,35,36)/b4-3+,27-16+/t17?,21-/m1/s1. The fraction of sp³-hybridized carbons (Fsp3) is 0.250. The van der Waals surface area contributed by atoms with Gasteiger partial charge in [-0.2, -0.15) is 0 Å². The van der Waals surface area contributed by atoms with Crippen molar-refractivity contribution in [2.45, 2.75) is 30.9 Å². The summed E-state index contributed by atoms with van der Waals surface area (Å²) in [4.78, 5) is 80.6. The summed E-state index contributed by atoms with van der Waals surface area (Å²) in [6, 6.07) is 1.81. The number of allylic oxidation sites excluding steroid dienone is 1. The minimum absolute atomic E-state index is 0.0258. The molecule has 0 bridgehead atoms. The third-order valence-electron chi connectivity index (χ3n) is 6.14. The van der Waals surface area contributed by atoms with Gasteiger partial charge in [-0.25, -0.2) is 14.6 Å². The van der Waals surface area contributed by atoms with Crippen LogP contribution in [0.3, 0.4) is 0 Å². The van der Waals surface area contributed by atoms with Crippen LogP contribution >= 0.6 is 23.1 Å². The Morgan fingerprint density at radius 2 is 1.93 bits per heavy atom. The molecule has 0 spiro atoms. The summed E-state index contributed by atoms with van der Waals surface area (Å²) < 4.78 is 0. The lowest BCUT2D eigenvalue weighted by Crippen LogP contribution is -2.71. The molecule has 0 radical (unpaired) electrons. The SMILES string of the molecule is CC(C)(O/N=C(/C(=O)NC1C(=O)N2C(C(=O)O)=C(/C=C/c3ccc([N+](=O)[O-])cc3[N+](=O)[O-])CS[C@H]12)c1cscn1)C(=O)O. The second-order valence-corrected chi connectivity index (χ2v) is 11.2. The van der Waals surface area contributed by atoms with Crippen molar-refractivity contribution >= 4 is 70.0 Å². The fourth-order valence-electron chi connectivity index (χ4n) is 3.85. The number of non-ortho nitro benzene ring substituents is 1. The Morgan fingerprint density at radius 1 is 1.21 bits per heavy atom. The predicted molar refractivity (Wildman–Crippen MR) is 150 cm³/mol. The van der Waals surface area contributed by atoms with Gasteiger partial charge in [-0.15, -0.1) is 23.1 Å². The minimum Gasteiger partial charge on any atom is -0.478 e. The molecule has 2 aromatic rings. The number of nitrogens with zero attached hydrogens (tertiary/aromatic N) is 5. The van der Waals surface area contributed by atoms with E-state index in [4.69, 9.17) is 4.84 Å². The molecule has 2 atom stereocenters. The molecule has 0 aliphatic carbocycles. The number of carboxylic acid groups (broad SMARTS) is 2. The Morgan fingerprint density at radius 3 is 2.51 bits per heavy atom. The van der Waals surface area contributed by atoms with Crippen molar-refractivity contribution in [3.8, 4) is 0 Å². The summed E-state index contributed by atoms with van der Waals surface area (Å²) in [5, 5.41) is 48.4. The molecule has 1 saturated heterocycles. The van der Waals surface area contributed by atoms with Crippen LogP contribution < -0.4 is 5.32 Å². The number of β-lactam (4-membered cyclic amide) rings is 1. The molecular weight excluding hydrogens is 612 g/mol. The van der Waals surface area contributed by atoms with E-state index in [-0.39, 0.29) is 22.6 Å². The van der Waals surface area contributed by atoms with Crippen molar-refractivity contribution in [2.24, 2.45) is 5.16 Å². The highest BCUT2D eigenvalue weighted by molar-refractivity contribution is 8.00. The van der Waals surface area contributed by atoms with Crippen LogP contribution in [0.15, 0.2) is 51.6 Å². The van der Waals surface area contributed by atoms with Gasteiger partial charge in [0.2, 0.25) is 5.60 Å². The van der Waals surface area contributed by atoms with Crippen LogP contribution in [0.5, 0.6) is 0 Å². The van der Waals surface area contributed by atoms with Crippen molar-refractivity contribution in [1.29, 1.82) is 0 Å². The highest BCUT2D eigenvalue weighted by Gasteiger charge is 2.54. The molecule has 1 aromatic heterocycles. The van der Waals surface area contributed by atoms with Crippen LogP contribution in [0.4, 0.5) is 11.4 Å². The topological polar surface area (TPSA) is 245 Å². The Bertz CT molecular complexity index is 1630. The predicted octanol–water partition coefficient (Wildman–Crippen LogP) is 2.00. The van der Waals surface area contributed by atoms with E-state index in [1.54, 1.807) is 0 Å². The first-order valence-electron chi connectivity index (χ1n) is 11.9. The molecular formula is C24H20N6O11S2. The molecule has 2 aliphatic rings. The van der Waals surface area contributed by atoms with Crippen LogP contribution in [-0.2, 0) is 24.0 Å². The van der Waals surface area contributed by atoms with Gasteiger partial charge in [-0.3, -0.25) is 34.7 Å². The number of aliphatic carboxylic acids is 2. The number of carbonyl (C=O) groups is 4. The largest absolute Gasteiger partial charge is 0.478 e. The van der Waals surface area contributed by atoms with Crippen molar-refractivity contribution in [1.82, 2.24) is 15.2 Å². The summed E-state index contributed by atoms with van der Waals surface area (Å²) in [6.07, 6.45) is 2.49. The number of rotatable bonds is 11. The summed E-state index contributed by atoms with van der Waals surface area (Å²) in [6.45, 7) is 2.43. The van der Waals surface area contributed by atoms with Crippen LogP contribution in [0.2, 0.25) is 0 Å². The maximum absolute atomic E-state index is 13.1. The Hall–Kier alpha value is -5.17. The number of benzene rings is 1. The molecule has 3 heterocycles. The van der Waals surface area contributed by atoms with E-state index in [1.165, 1.54) is 36.9 Å². The number of carbonyl (C=O) groups excluding carboxylic acids is 2. The number of nitrogens with one attached hydrogen (secondary N) is 1. The maximum Gasteiger partial charge on any atom is 0.352 e. The molecule has 2 amide bonds. The van der Waals surface area contributed by atoms with E-state index in [1.807, 2.05) is 0 Å². The summed E-state index contributed by atoms with van der Waals surface area (Å²) in [5.41, 5.74) is -2.09. The van der Waals surface area contributed by atoms with Gasteiger partial charge in [-0.05, 0) is 31.6 Å². The van der Waals surface area contributed by atoms with Gasteiger partial charge in [-0.1, -0.05) is 11.2 Å². The van der Waals surface area contributed by atoms with Gasteiger partial charge < -0.3 is 20.4 Å². The Balaban J connectivity index is 1.57. The van der Waals surface area contributed by atoms with E-state index in [9.17, 15) is 49.6 Å². The van der Waals surface area contributed by atoms with Gasteiger partial charge in [0, 0.05) is 17.2 Å². The lowest BCUT2D eigenvalue weighted by molar-refractivity contribution is -0.394. The lowest BCUT2D eigenvalue weighted by Gasteiger charge is -2.49. The second-order valence-electron chi connectivity index (χ2n) is 9.35. The number of thioether (sulfide) groups is 1. The van der Waals surface area contributed by atoms with E-state index in [0.29, 0.717) is 0 Å². The number of carboxylic acids is 2. The zero-order chi connectivity index (χ0) is 31.6. The number of aromatic nitrogens is 1. The number of hydrogen-bond acceptors (Lipinski definition) is 13. The van der Waals surface area contributed by atoms with Gasteiger partial charge in [0.25, 0.3) is 23.2 Å². The van der Waals surface area contributed by atoms with Gasteiger partial charge in [0.15, 0.2) is 5.71 Å². The molecule has 2 aliphatic heterocycles. The van der Waals surface area contributed by atoms with Crippen LogP contribution in [0, 0.1) is 20.2 Å². The highest BCUT2D eigenvalue weighted by atomic mass is 32.2. The number of fused-ring (bicyclic) bond motifs is 1. The molecule has 4 rings (SSSR count). The quantitative estimate of drug-likeness (QED) is 0.139. The van der Waals surface area contributed by atoms with Crippen LogP contribution in [0.25, 0.3) is 6.08 Å². The molecule has 1 aromatic carbocycles. The first-order chi connectivity index (χ1) is 20.2. The van der Waals surface area contributed by atoms with Crippen LogP contribution in [-0.4, -0.2) is 82.2 Å². The van der Waals surface area contributed by atoms with E-state index in [2.05, 4.69) is 15.5 Å². The number of thiazole rings is 1. The van der Waals surface area contributed by atoms with Gasteiger partial charge in [0.05, 0.1) is 27.0 Å². The monoisotopic (exact) mass is 632 g/mol. The lowest BCUT2D eigenvalue weighted by atomic mass is 10.0. The maximum atomic E-state index is 13.1. The van der Waals surface area contributed by atoms with E-state index in [0.717, 1.165) is 46.2 Å². The third-order valence-corrected chi connectivity index (χ3v) is 8.03. The summed E-state index contributed by atoms with van der Waals surface area (Å²) in [7, 11) is 0. The molecule has 43 heavy (non-hydrogen) atoms. The smallest absolute Gasteiger partial charge is 0.352 e. The molecule has 0 saturated carbocycles. The fourth-order valence-corrected chi connectivity index (χ4v) is 5.70. The molecule has 1 fully saturated rings. The summed E-state index contributed by atoms with van der Waals surface area (Å²) in [5.74, 6) is -4.46. The number of nitro groups is 2. The normalized spacial score (nSPS) is 18.6. The van der Waals surface area contributed by atoms with Crippen molar-refractivity contribution in [2.75, 3.05) is 5.75 Å². The molecule has 224 valence electrons. The summed E-state index contributed by atoms with van der Waals surface area (Å²) >= 11 is 2.24. The van der Waals surface area contributed by atoms with Gasteiger partial charge >= 0.3 is 11.9 Å². The van der Waals surface area contributed by atoms with Gasteiger partial charge in [0.1, 0.15) is 22.8 Å². The zero-order valence-corrected chi connectivity index (χ0v) is 23.7. The van der Waals surface area contributed by atoms with E-state index >= 15 is 0 Å². The Labute approximate surface area is 248 Å². The zero-order valence-electron chi connectivity index (χ0n) is 22.0. The number of oxime groups is 1. The average molecular weight is 633 g/mol. The van der Waals surface area contributed by atoms with Crippen molar-refractivity contribution in [3.05, 3.63) is 77.9 Å². The first-order valence-corrected chi connectivity index (χ1v) is 13.9. The minimum atomic E-state index is -1.79. The van der Waals surface area contributed by atoms with Crippen molar-refractivity contribution in [3.63, 3.8) is 0 Å². The number of amides is 2. The molecule has 19 heteroatoms. The highest BCUT2D eigenvalue weighted by Crippen LogP contribution is 2.41. The number of nitro benzene ring substituents is 2.